The summed E-state index contributed by atoms with van der Waals surface area (Å²) in [6.07, 6.45) is 0.635. The average Bonchev–Trinajstić information content (AvgIpc) is 2.47. The van der Waals surface area contributed by atoms with Gasteiger partial charge in [0.15, 0.2) is 0 Å². The first kappa shape index (κ1) is 16.0. The molecule has 2 rings (SSSR count). The van der Waals surface area contributed by atoms with Gasteiger partial charge in [-0.05, 0) is 35.7 Å². The van der Waals surface area contributed by atoms with Crippen LogP contribution in [0.3, 0.4) is 0 Å². The summed E-state index contributed by atoms with van der Waals surface area (Å²) < 4.78 is 14.0. The van der Waals surface area contributed by atoms with Crippen molar-refractivity contribution in [2.24, 2.45) is 0 Å². The highest BCUT2D eigenvalue weighted by atomic mass is 35.5. The van der Waals surface area contributed by atoms with Gasteiger partial charge in [-0.15, -0.1) is 0 Å². The lowest BCUT2D eigenvalue weighted by Crippen LogP contribution is -2.29. The van der Waals surface area contributed by atoms with Crippen molar-refractivity contribution in [2.75, 3.05) is 6.54 Å². The van der Waals surface area contributed by atoms with E-state index >= 15 is 0 Å². The molecule has 1 nitrogen and oxygen atoms in total. The molecule has 0 radical (unpaired) electrons. The van der Waals surface area contributed by atoms with E-state index in [0.717, 1.165) is 6.54 Å². The van der Waals surface area contributed by atoms with Gasteiger partial charge in [-0.1, -0.05) is 55.8 Å². The molecule has 3 heteroatoms. The molecule has 1 unspecified atom stereocenters. The van der Waals surface area contributed by atoms with Crippen LogP contribution in [-0.4, -0.2) is 12.6 Å². The second-order valence-electron chi connectivity index (χ2n) is 5.61. The van der Waals surface area contributed by atoms with Crippen molar-refractivity contribution >= 4 is 11.6 Å². The van der Waals surface area contributed by atoms with Crippen LogP contribution >= 0.6 is 11.6 Å². The molecule has 112 valence electrons. The van der Waals surface area contributed by atoms with Crippen molar-refractivity contribution in [2.45, 2.75) is 32.2 Å². The summed E-state index contributed by atoms with van der Waals surface area (Å²) in [5, 5.41) is 4.02. The third-order valence-corrected chi connectivity index (χ3v) is 3.75. The highest BCUT2D eigenvalue weighted by molar-refractivity contribution is 6.30. The average molecular weight is 306 g/mol. The summed E-state index contributed by atoms with van der Waals surface area (Å²) in [5.41, 5.74) is 1.88. The van der Waals surface area contributed by atoms with Crippen molar-refractivity contribution < 1.29 is 4.39 Å². The molecule has 0 spiro atoms. The van der Waals surface area contributed by atoms with Gasteiger partial charge in [0.25, 0.3) is 0 Å². The molecule has 0 bridgehead atoms. The molecule has 0 saturated heterocycles. The molecule has 21 heavy (non-hydrogen) atoms. The maximum absolute atomic E-state index is 14.0. The van der Waals surface area contributed by atoms with E-state index in [0.29, 0.717) is 23.0 Å². The molecule has 0 heterocycles. The molecular formula is C18H21ClFN. The fraction of sp³-hybridized carbons (Fsp3) is 0.333. The van der Waals surface area contributed by atoms with E-state index in [9.17, 15) is 4.39 Å². The van der Waals surface area contributed by atoms with Crippen molar-refractivity contribution in [1.82, 2.24) is 5.32 Å². The molecule has 0 aliphatic heterocycles. The van der Waals surface area contributed by atoms with Crippen LogP contribution in [0.1, 0.15) is 30.9 Å². The molecule has 2 aromatic carbocycles. The molecule has 0 amide bonds. The Bertz CT molecular complexity index is 569. The van der Waals surface area contributed by atoms with Crippen molar-refractivity contribution in [3.8, 4) is 0 Å². The molecule has 0 saturated carbocycles. The fourth-order valence-corrected chi connectivity index (χ4v) is 2.57. The summed E-state index contributed by atoms with van der Waals surface area (Å²) in [5.74, 6) is 0.0337. The molecule has 0 fully saturated rings. The SMILES string of the molecule is CC(C)NCC(Cc1cc(Cl)ccc1F)c1ccccc1. The smallest absolute Gasteiger partial charge is 0.126 e. The summed E-state index contributed by atoms with van der Waals surface area (Å²) in [6, 6.07) is 15.4. The number of benzene rings is 2. The zero-order valence-corrected chi connectivity index (χ0v) is 13.2. The minimum absolute atomic E-state index is 0.190. The van der Waals surface area contributed by atoms with Crippen LogP contribution < -0.4 is 5.32 Å². The highest BCUT2D eigenvalue weighted by Gasteiger charge is 2.15. The predicted molar refractivity (Wildman–Crippen MR) is 87.4 cm³/mol. The van der Waals surface area contributed by atoms with Crippen LogP contribution in [0.25, 0.3) is 0 Å². The standard InChI is InChI=1S/C18H21ClFN/c1-13(2)21-12-16(14-6-4-3-5-7-14)10-15-11-17(19)8-9-18(15)20/h3-9,11,13,16,21H,10,12H2,1-2H3. The van der Waals surface area contributed by atoms with E-state index in [-0.39, 0.29) is 11.7 Å². The number of halogens is 2. The van der Waals surface area contributed by atoms with Gasteiger partial charge in [0.2, 0.25) is 0 Å². The number of hydrogen-bond acceptors (Lipinski definition) is 1. The summed E-state index contributed by atoms with van der Waals surface area (Å²) >= 11 is 5.99. The highest BCUT2D eigenvalue weighted by Crippen LogP contribution is 2.24. The summed E-state index contributed by atoms with van der Waals surface area (Å²) in [6.45, 7) is 5.04. The maximum Gasteiger partial charge on any atom is 0.126 e. The fourth-order valence-electron chi connectivity index (χ4n) is 2.38. The predicted octanol–water partition coefficient (Wildman–Crippen LogP) is 4.80. The monoisotopic (exact) mass is 305 g/mol. The Morgan fingerprint density at radius 2 is 1.81 bits per heavy atom. The van der Waals surface area contributed by atoms with Gasteiger partial charge < -0.3 is 5.32 Å². The summed E-state index contributed by atoms with van der Waals surface area (Å²) in [7, 11) is 0. The molecule has 0 aliphatic carbocycles. The van der Waals surface area contributed by atoms with Gasteiger partial charge in [0.05, 0.1) is 0 Å². The summed E-state index contributed by atoms with van der Waals surface area (Å²) in [4.78, 5) is 0. The van der Waals surface area contributed by atoms with Gasteiger partial charge in [0.1, 0.15) is 5.82 Å². The van der Waals surface area contributed by atoms with Gasteiger partial charge in [-0.3, -0.25) is 0 Å². The molecule has 1 N–H and O–H groups in total. The van der Waals surface area contributed by atoms with Crippen LogP contribution in [0.15, 0.2) is 48.5 Å². The minimum Gasteiger partial charge on any atom is -0.314 e. The number of nitrogens with one attached hydrogen (secondary N) is 1. The van der Waals surface area contributed by atoms with E-state index in [1.165, 1.54) is 11.6 Å². The Labute approximate surface area is 131 Å². The van der Waals surface area contributed by atoms with Crippen LogP contribution in [0.4, 0.5) is 4.39 Å². The molecular weight excluding hydrogens is 285 g/mol. The lowest BCUT2D eigenvalue weighted by atomic mass is 9.91. The quantitative estimate of drug-likeness (QED) is 0.808. The minimum atomic E-state index is -0.190. The van der Waals surface area contributed by atoms with E-state index in [2.05, 4.69) is 31.3 Å². The Hall–Kier alpha value is -1.38. The second kappa shape index (κ2) is 7.58. The van der Waals surface area contributed by atoms with Crippen LogP contribution in [0.5, 0.6) is 0 Å². The van der Waals surface area contributed by atoms with E-state index in [1.807, 2.05) is 18.2 Å². The number of hydrogen-bond donors (Lipinski definition) is 1. The molecule has 2 aromatic rings. The Morgan fingerprint density at radius 3 is 2.48 bits per heavy atom. The first-order chi connectivity index (χ1) is 10.1. The van der Waals surface area contributed by atoms with Crippen molar-refractivity contribution in [3.05, 3.63) is 70.5 Å². The lowest BCUT2D eigenvalue weighted by Gasteiger charge is -2.20. The lowest BCUT2D eigenvalue weighted by molar-refractivity contribution is 0.517. The Morgan fingerprint density at radius 1 is 1.10 bits per heavy atom. The van der Waals surface area contributed by atoms with Gasteiger partial charge >= 0.3 is 0 Å². The second-order valence-corrected chi connectivity index (χ2v) is 6.05. The Balaban J connectivity index is 2.21. The number of rotatable bonds is 6. The first-order valence-corrected chi connectivity index (χ1v) is 7.66. The van der Waals surface area contributed by atoms with E-state index in [1.54, 1.807) is 12.1 Å². The van der Waals surface area contributed by atoms with Gasteiger partial charge in [-0.2, -0.15) is 0 Å². The molecule has 0 aromatic heterocycles. The van der Waals surface area contributed by atoms with Crippen LogP contribution in [0, 0.1) is 5.82 Å². The third kappa shape index (κ3) is 4.83. The van der Waals surface area contributed by atoms with Gasteiger partial charge in [0, 0.05) is 23.5 Å². The third-order valence-electron chi connectivity index (χ3n) is 3.52. The van der Waals surface area contributed by atoms with E-state index < -0.39 is 0 Å². The van der Waals surface area contributed by atoms with Crippen molar-refractivity contribution in [1.29, 1.82) is 0 Å². The van der Waals surface area contributed by atoms with Crippen LogP contribution in [0.2, 0.25) is 5.02 Å². The zero-order valence-electron chi connectivity index (χ0n) is 12.4. The van der Waals surface area contributed by atoms with Crippen molar-refractivity contribution in [3.63, 3.8) is 0 Å². The topological polar surface area (TPSA) is 12.0 Å². The van der Waals surface area contributed by atoms with Gasteiger partial charge in [-0.25, -0.2) is 4.39 Å². The van der Waals surface area contributed by atoms with E-state index in [4.69, 9.17) is 11.6 Å². The molecule has 0 aliphatic rings. The van der Waals surface area contributed by atoms with Crippen LogP contribution in [-0.2, 0) is 6.42 Å². The normalized spacial score (nSPS) is 12.6. The first-order valence-electron chi connectivity index (χ1n) is 7.28. The zero-order chi connectivity index (χ0) is 15.2. The Kier molecular flexibility index (Phi) is 5.77. The molecule has 1 atom stereocenters. The maximum atomic E-state index is 14.0. The largest absolute Gasteiger partial charge is 0.314 e.